The topological polar surface area (TPSA) is 97.7 Å². The van der Waals surface area contributed by atoms with Gasteiger partial charge in [0.2, 0.25) is 0 Å². The lowest BCUT2D eigenvalue weighted by atomic mass is 10.0. The maximum absolute atomic E-state index is 13.9. The van der Waals surface area contributed by atoms with Gasteiger partial charge in [0.25, 0.3) is 0 Å². The van der Waals surface area contributed by atoms with Crippen LogP contribution in [0.4, 0.5) is 4.79 Å². The smallest absolute Gasteiger partial charge is 0.410 e. The molecule has 0 unspecified atom stereocenters. The van der Waals surface area contributed by atoms with Crippen LogP contribution >= 0.6 is 0 Å². The lowest BCUT2D eigenvalue weighted by Gasteiger charge is -2.32. The predicted octanol–water partition coefficient (Wildman–Crippen LogP) is 5.12. The van der Waals surface area contributed by atoms with Crippen LogP contribution in [0, 0.1) is 0 Å². The van der Waals surface area contributed by atoms with E-state index in [1.54, 1.807) is 0 Å². The molecule has 4 aromatic carbocycles. The van der Waals surface area contributed by atoms with E-state index >= 15 is 0 Å². The number of carbonyl (C=O) groups is 1. The molecule has 5 atom stereocenters. The van der Waals surface area contributed by atoms with Gasteiger partial charge in [-0.2, -0.15) is 0 Å². The zero-order valence-corrected chi connectivity index (χ0v) is 24.6. The highest BCUT2D eigenvalue weighted by Gasteiger charge is 2.55. The Morgan fingerprint density at radius 2 is 1.07 bits per heavy atom. The third-order valence-electron chi connectivity index (χ3n) is 7.69. The largest absolute Gasteiger partial charge is 0.445 e. The lowest BCUT2D eigenvalue weighted by Crippen LogP contribution is -2.52. The Labute approximate surface area is 258 Å². The van der Waals surface area contributed by atoms with Crippen molar-refractivity contribution in [1.29, 1.82) is 0 Å². The van der Waals surface area contributed by atoms with Gasteiger partial charge in [0.1, 0.15) is 24.9 Å². The summed E-state index contributed by atoms with van der Waals surface area (Å²) in [6, 6.07) is 36.9. The minimum atomic E-state index is -1.32. The van der Waals surface area contributed by atoms with E-state index in [2.05, 4.69) is 0 Å². The molecule has 5 rings (SSSR count). The minimum Gasteiger partial charge on any atom is -0.445 e. The maximum Gasteiger partial charge on any atom is 0.410 e. The Kier molecular flexibility index (Phi) is 11.5. The van der Waals surface area contributed by atoms with Crippen LogP contribution in [0.3, 0.4) is 0 Å². The van der Waals surface area contributed by atoms with Gasteiger partial charge < -0.3 is 29.2 Å². The predicted molar refractivity (Wildman–Crippen MR) is 165 cm³/mol. The third-order valence-corrected chi connectivity index (χ3v) is 7.69. The summed E-state index contributed by atoms with van der Waals surface area (Å²) in [4.78, 5) is 15.3. The van der Waals surface area contributed by atoms with Crippen LogP contribution in [-0.4, -0.2) is 64.8 Å². The number of hydrogen-bond acceptors (Lipinski definition) is 7. The number of carbonyl (C=O) groups excluding carboxylic acids is 1. The molecule has 1 saturated heterocycles. The molecule has 8 nitrogen and oxygen atoms in total. The molecule has 0 aliphatic carbocycles. The van der Waals surface area contributed by atoms with Gasteiger partial charge in [0, 0.05) is 0 Å². The number of nitrogens with zero attached hydrogens (tertiary/aromatic N) is 1. The van der Waals surface area contributed by atoms with E-state index in [9.17, 15) is 15.0 Å². The van der Waals surface area contributed by atoms with Gasteiger partial charge in [0.05, 0.1) is 45.1 Å². The quantitative estimate of drug-likeness (QED) is 0.208. The van der Waals surface area contributed by atoms with Crippen LogP contribution in [0.2, 0.25) is 0 Å². The summed E-state index contributed by atoms with van der Waals surface area (Å²) in [5.74, 6) is 0. The van der Waals surface area contributed by atoms with Gasteiger partial charge in [-0.3, -0.25) is 4.90 Å². The Morgan fingerprint density at radius 3 is 1.55 bits per heavy atom. The van der Waals surface area contributed by atoms with Gasteiger partial charge in [-0.05, 0) is 22.3 Å². The molecule has 1 fully saturated rings. The third kappa shape index (κ3) is 8.31. The molecule has 2 N–H and O–H groups in total. The molecule has 1 aliphatic heterocycles. The highest BCUT2D eigenvalue weighted by Crippen LogP contribution is 2.35. The second-order valence-electron chi connectivity index (χ2n) is 10.8. The Bertz CT molecular complexity index is 1390. The standard InChI is InChI=1S/C36H39NO7/c38-21-32(39)33-35(43-24-29-17-9-3-10-18-29)34(42-23-28-15-7-2-8-16-28)31(26-41-22-27-13-5-1-6-14-27)37(33)36(40)44-25-30-19-11-4-12-20-30/h1-20,31-35,38-39H,21-26H2/t31-,32+,33-,34-,35-/m0/s1. The van der Waals surface area contributed by atoms with E-state index < -0.39 is 43.1 Å². The van der Waals surface area contributed by atoms with E-state index in [1.807, 2.05) is 121 Å². The molecule has 230 valence electrons. The molecule has 0 bridgehead atoms. The number of rotatable bonds is 14. The summed E-state index contributed by atoms with van der Waals surface area (Å²) >= 11 is 0. The van der Waals surface area contributed by atoms with E-state index in [4.69, 9.17) is 18.9 Å². The molecule has 1 heterocycles. The molecule has 44 heavy (non-hydrogen) atoms. The molecule has 0 saturated carbocycles. The van der Waals surface area contributed by atoms with Crippen molar-refractivity contribution in [2.75, 3.05) is 13.2 Å². The summed E-state index contributed by atoms with van der Waals surface area (Å²) in [5, 5.41) is 21.3. The first kappa shape index (κ1) is 31.4. The fraction of sp³-hybridized carbons (Fsp3) is 0.306. The fourth-order valence-electron chi connectivity index (χ4n) is 5.49. The van der Waals surface area contributed by atoms with Crippen LogP contribution in [0.1, 0.15) is 22.3 Å². The number of aliphatic hydroxyl groups is 2. The van der Waals surface area contributed by atoms with Crippen LogP contribution in [0.15, 0.2) is 121 Å². The summed E-state index contributed by atoms with van der Waals surface area (Å²) in [6.07, 6.45) is -3.47. The van der Waals surface area contributed by atoms with Crippen molar-refractivity contribution in [3.05, 3.63) is 144 Å². The summed E-state index contributed by atoms with van der Waals surface area (Å²) in [7, 11) is 0. The SMILES string of the molecule is O=C(OCc1ccccc1)N1[C@@H]([C@H](O)CO)[C@H](OCc2ccccc2)[C@@H](OCc2ccccc2)[C@@H]1COCc1ccccc1. The molecule has 0 radical (unpaired) electrons. The molecular formula is C36H39NO7. The molecule has 4 aromatic rings. The van der Waals surface area contributed by atoms with Crippen molar-refractivity contribution >= 4 is 6.09 Å². The Morgan fingerprint density at radius 1 is 0.636 bits per heavy atom. The number of aliphatic hydroxyl groups excluding tert-OH is 2. The average Bonchev–Trinajstić information content (AvgIpc) is 3.39. The van der Waals surface area contributed by atoms with Crippen molar-refractivity contribution in [1.82, 2.24) is 4.90 Å². The van der Waals surface area contributed by atoms with E-state index in [1.165, 1.54) is 4.90 Å². The normalized spacial score (nSPS) is 20.4. The number of ether oxygens (including phenoxy) is 4. The van der Waals surface area contributed by atoms with Crippen LogP contribution < -0.4 is 0 Å². The molecule has 0 aromatic heterocycles. The highest BCUT2D eigenvalue weighted by atomic mass is 16.6. The lowest BCUT2D eigenvalue weighted by molar-refractivity contribution is -0.0982. The van der Waals surface area contributed by atoms with Crippen molar-refractivity contribution in [2.45, 2.75) is 56.8 Å². The van der Waals surface area contributed by atoms with Crippen LogP contribution in [0.5, 0.6) is 0 Å². The highest BCUT2D eigenvalue weighted by molar-refractivity contribution is 5.69. The molecule has 8 heteroatoms. The van der Waals surface area contributed by atoms with E-state index in [-0.39, 0.29) is 26.4 Å². The van der Waals surface area contributed by atoms with Crippen LogP contribution in [0.25, 0.3) is 0 Å². The number of likely N-dealkylation sites (tertiary alicyclic amines) is 1. The zero-order valence-electron chi connectivity index (χ0n) is 24.6. The summed E-state index contributed by atoms with van der Waals surface area (Å²) < 4.78 is 24.9. The van der Waals surface area contributed by atoms with Gasteiger partial charge >= 0.3 is 6.09 Å². The maximum atomic E-state index is 13.9. The van der Waals surface area contributed by atoms with Gasteiger partial charge in [-0.25, -0.2) is 4.79 Å². The van der Waals surface area contributed by atoms with Crippen LogP contribution in [-0.2, 0) is 45.4 Å². The van der Waals surface area contributed by atoms with Crippen molar-refractivity contribution in [3.63, 3.8) is 0 Å². The average molecular weight is 598 g/mol. The first-order valence-corrected chi connectivity index (χ1v) is 14.8. The number of hydrogen-bond donors (Lipinski definition) is 2. The number of benzene rings is 4. The van der Waals surface area contributed by atoms with Crippen molar-refractivity contribution in [2.24, 2.45) is 0 Å². The molecule has 1 aliphatic rings. The Hall–Kier alpha value is -4.05. The van der Waals surface area contributed by atoms with Crippen molar-refractivity contribution < 1.29 is 34.0 Å². The monoisotopic (exact) mass is 597 g/mol. The second kappa shape index (κ2) is 16.1. The molecule has 1 amide bonds. The summed E-state index contributed by atoms with van der Waals surface area (Å²) in [6.45, 7) is 0.339. The second-order valence-corrected chi connectivity index (χ2v) is 10.8. The molecular weight excluding hydrogens is 558 g/mol. The first-order valence-electron chi connectivity index (χ1n) is 14.8. The number of amides is 1. The van der Waals surface area contributed by atoms with Crippen molar-refractivity contribution in [3.8, 4) is 0 Å². The fourth-order valence-corrected chi connectivity index (χ4v) is 5.49. The van der Waals surface area contributed by atoms with Gasteiger partial charge in [-0.15, -0.1) is 0 Å². The molecule has 0 spiro atoms. The zero-order chi connectivity index (χ0) is 30.6. The van der Waals surface area contributed by atoms with Gasteiger partial charge in [0.15, 0.2) is 0 Å². The minimum absolute atomic E-state index is 0.0424. The van der Waals surface area contributed by atoms with E-state index in [0.29, 0.717) is 6.61 Å². The first-order chi connectivity index (χ1) is 21.6. The van der Waals surface area contributed by atoms with E-state index in [0.717, 1.165) is 22.3 Å². The summed E-state index contributed by atoms with van der Waals surface area (Å²) in [5.41, 5.74) is 3.68. The Balaban J connectivity index is 1.45. The van der Waals surface area contributed by atoms with Gasteiger partial charge in [-0.1, -0.05) is 121 Å².